The lowest BCUT2D eigenvalue weighted by Crippen LogP contribution is -1.81. The van der Waals surface area contributed by atoms with Gasteiger partial charge in [-0.3, -0.25) is 0 Å². The molecule has 0 N–H and O–H groups in total. The van der Waals surface area contributed by atoms with Crippen molar-refractivity contribution in [2.24, 2.45) is 0 Å². The average molecular weight is 250 g/mol. The van der Waals surface area contributed by atoms with Crippen molar-refractivity contribution in [2.75, 3.05) is 0 Å². The summed E-state index contributed by atoms with van der Waals surface area (Å²) in [6.45, 7) is 1.89. The van der Waals surface area contributed by atoms with E-state index in [1.54, 1.807) is 24.5 Å². The molecule has 0 unspecified atom stereocenters. The van der Waals surface area contributed by atoms with Gasteiger partial charge in [0.2, 0.25) is 0 Å². The number of rotatable bonds is 2. The van der Waals surface area contributed by atoms with Gasteiger partial charge in [0.25, 0.3) is 0 Å². The fraction of sp³-hybridized carbons (Fsp3) is 0.0833. The van der Waals surface area contributed by atoms with Gasteiger partial charge in [-0.05, 0) is 31.2 Å². The van der Waals surface area contributed by atoms with Crippen molar-refractivity contribution in [3.8, 4) is 6.07 Å². The Kier molecular flexibility index (Phi) is 3.23. The van der Waals surface area contributed by atoms with E-state index in [2.05, 4.69) is 6.07 Å². The highest BCUT2D eigenvalue weighted by Crippen LogP contribution is 2.34. The topological polar surface area (TPSA) is 36.9 Å². The maximum Gasteiger partial charge on any atom is 0.114 e. The molecule has 0 saturated heterocycles. The summed E-state index contributed by atoms with van der Waals surface area (Å²) in [4.78, 5) is 1.85. The van der Waals surface area contributed by atoms with E-state index in [-0.39, 0.29) is 0 Å². The average Bonchev–Trinajstić information content (AvgIpc) is 2.65. The number of hydrogen-bond donors (Lipinski definition) is 0. The van der Waals surface area contributed by atoms with E-state index < -0.39 is 0 Å². The number of nitriles is 1. The van der Waals surface area contributed by atoms with Gasteiger partial charge in [-0.15, -0.1) is 0 Å². The van der Waals surface area contributed by atoms with Gasteiger partial charge < -0.3 is 4.42 Å². The van der Waals surface area contributed by atoms with Crippen molar-refractivity contribution in [1.29, 1.82) is 5.26 Å². The molecule has 16 heavy (non-hydrogen) atoms. The Labute approximate surface area is 103 Å². The van der Waals surface area contributed by atoms with E-state index in [9.17, 15) is 0 Å². The first-order chi connectivity index (χ1) is 7.70. The van der Waals surface area contributed by atoms with Gasteiger partial charge in [-0.2, -0.15) is 5.26 Å². The van der Waals surface area contributed by atoms with Crippen molar-refractivity contribution in [3.05, 3.63) is 46.9 Å². The minimum Gasteiger partial charge on any atom is -0.468 e. The van der Waals surface area contributed by atoms with Gasteiger partial charge in [0, 0.05) is 9.92 Å². The molecule has 0 aliphatic carbocycles. The first kappa shape index (κ1) is 11.1. The first-order valence-electron chi connectivity index (χ1n) is 4.62. The predicted molar refractivity (Wildman–Crippen MR) is 63.7 cm³/mol. The second-order valence-electron chi connectivity index (χ2n) is 3.20. The number of hydrogen-bond acceptors (Lipinski definition) is 3. The van der Waals surface area contributed by atoms with Crippen molar-refractivity contribution >= 4 is 23.4 Å². The van der Waals surface area contributed by atoms with Crippen LogP contribution in [0.25, 0.3) is 0 Å². The van der Waals surface area contributed by atoms with Crippen LogP contribution in [-0.4, -0.2) is 0 Å². The van der Waals surface area contributed by atoms with Crippen LogP contribution in [0.4, 0.5) is 0 Å². The molecule has 0 bridgehead atoms. The van der Waals surface area contributed by atoms with Crippen molar-refractivity contribution in [3.63, 3.8) is 0 Å². The molecule has 2 aromatic rings. The normalized spacial score (nSPS) is 10.1. The SMILES string of the molecule is Cc1occc1Sc1cc(Cl)ccc1C#N. The summed E-state index contributed by atoms with van der Waals surface area (Å²) < 4.78 is 5.20. The molecule has 0 spiro atoms. The molecule has 0 amide bonds. The minimum absolute atomic E-state index is 0.620. The third kappa shape index (κ3) is 2.24. The van der Waals surface area contributed by atoms with Gasteiger partial charge in [0.1, 0.15) is 11.8 Å². The summed E-state index contributed by atoms with van der Waals surface area (Å²) in [6, 6.07) is 9.25. The van der Waals surface area contributed by atoms with Gasteiger partial charge in [0.15, 0.2) is 0 Å². The number of aryl methyl sites for hydroxylation is 1. The Morgan fingerprint density at radius 3 is 2.75 bits per heavy atom. The lowest BCUT2D eigenvalue weighted by molar-refractivity contribution is 0.527. The van der Waals surface area contributed by atoms with Gasteiger partial charge in [-0.1, -0.05) is 23.4 Å². The second-order valence-corrected chi connectivity index (χ2v) is 4.72. The monoisotopic (exact) mass is 249 g/mol. The molecule has 1 heterocycles. The van der Waals surface area contributed by atoms with E-state index in [4.69, 9.17) is 21.3 Å². The van der Waals surface area contributed by atoms with Crippen LogP contribution in [0.15, 0.2) is 44.7 Å². The van der Waals surface area contributed by atoms with Crippen LogP contribution in [-0.2, 0) is 0 Å². The third-order valence-electron chi connectivity index (χ3n) is 2.10. The van der Waals surface area contributed by atoms with Gasteiger partial charge >= 0.3 is 0 Å². The quantitative estimate of drug-likeness (QED) is 0.798. The summed E-state index contributed by atoms with van der Waals surface area (Å²) >= 11 is 7.39. The highest BCUT2D eigenvalue weighted by Gasteiger charge is 2.08. The highest BCUT2D eigenvalue weighted by atomic mass is 35.5. The van der Waals surface area contributed by atoms with Crippen LogP contribution in [0, 0.1) is 18.3 Å². The standard InChI is InChI=1S/C12H8ClNOS/c1-8-11(4-5-15-8)16-12-6-10(13)3-2-9(12)7-14/h2-6H,1H3. The zero-order valence-electron chi connectivity index (χ0n) is 8.53. The zero-order valence-corrected chi connectivity index (χ0v) is 10.1. The fourth-order valence-corrected chi connectivity index (χ4v) is 2.47. The van der Waals surface area contributed by atoms with E-state index in [0.717, 1.165) is 15.6 Å². The molecule has 1 aromatic heterocycles. The molecule has 0 saturated carbocycles. The lowest BCUT2D eigenvalue weighted by atomic mass is 10.2. The molecule has 0 radical (unpaired) electrons. The zero-order chi connectivity index (χ0) is 11.5. The number of halogens is 1. The molecule has 0 aliphatic heterocycles. The van der Waals surface area contributed by atoms with Crippen LogP contribution < -0.4 is 0 Å². The van der Waals surface area contributed by atoms with Crippen LogP contribution in [0.2, 0.25) is 5.02 Å². The highest BCUT2D eigenvalue weighted by molar-refractivity contribution is 7.99. The molecule has 4 heteroatoms. The first-order valence-corrected chi connectivity index (χ1v) is 5.82. The summed E-state index contributed by atoms with van der Waals surface area (Å²) in [5, 5.41) is 9.60. The molecule has 80 valence electrons. The number of benzene rings is 1. The van der Waals surface area contributed by atoms with Crippen LogP contribution in [0.5, 0.6) is 0 Å². The smallest absolute Gasteiger partial charge is 0.114 e. The summed E-state index contributed by atoms with van der Waals surface area (Å²) in [6.07, 6.45) is 1.63. The second kappa shape index (κ2) is 4.65. The maximum absolute atomic E-state index is 8.98. The largest absolute Gasteiger partial charge is 0.468 e. The Bertz CT molecular complexity index is 556. The van der Waals surface area contributed by atoms with E-state index in [1.807, 2.05) is 13.0 Å². The van der Waals surface area contributed by atoms with Crippen LogP contribution in [0.1, 0.15) is 11.3 Å². The summed E-state index contributed by atoms with van der Waals surface area (Å²) in [5.74, 6) is 0.842. The van der Waals surface area contributed by atoms with Gasteiger partial charge in [0.05, 0.1) is 16.7 Å². The van der Waals surface area contributed by atoms with E-state index in [1.165, 1.54) is 11.8 Å². The van der Waals surface area contributed by atoms with Crippen molar-refractivity contribution in [1.82, 2.24) is 0 Å². The minimum atomic E-state index is 0.620. The Morgan fingerprint density at radius 2 is 2.12 bits per heavy atom. The molecule has 1 aromatic carbocycles. The Balaban J connectivity index is 2.38. The predicted octanol–water partition coefficient (Wildman–Crippen LogP) is 4.26. The molecule has 0 fully saturated rings. The molecule has 2 nitrogen and oxygen atoms in total. The molecule has 0 atom stereocenters. The van der Waals surface area contributed by atoms with E-state index >= 15 is 0 Å². The summed E-state index contributed by atoms with van der Waals surface area (Å²) in [5.41, 5.74) is 0.620. The number of furan rings is 1. The third-order valence-corrected chi connectivity index (χ3v) is 3.53. The molecule has 2 rings (SSSR count). The van der Waals surface area contributed by atoms with Crippen molar-refractivity contribution in [2.45, 2.75) is 16.7 Å². The molecular weight excluding hydrogens is 242 g/mol. The van der Waals surface area contributed by atoms with Crippen LogP contribution >= 0.6 is 23.4 Å². The fourth-order valence-electron chi connectivity index (χ4n) is 1.27. The Morgan fingerprint density at radius 1 is 1.31 bits per heavy atom. The number of nitrogens with zero attached hydrogens (tertiary/aromatic N) is 1. The van der Waals surface area contributed by atoms with Crippen molar-refractivity contribution < 1.29 is 4.42 Å². The molecular formula is C12H8ClNOS. The maximum atomic E-state index is 8.98. The van der Waals surface area contributed by atoms with E-state index in [0.29, 0.717) is 10.6 Å². The molecule has 0 aliphatic rings. The summed E-state index contributed by atoms with van der Waals surface area (Å²) in [7, 11) is 0. The Hall–Kier alpha value is -1.37. The van der Waals surface area contributed by atoms with Gasteiger partial charge in [-0.25, -0.2) is 0 Å². The lowest BCUT2D eigenvalue weighted by Gasteiger charge is -2.03. The van der Waals surface area contributed by atoms with Crippen LogP contribution in [0.3, 0.4) is 0 Å².